The van der Waals surface area contributed by atoms with Crippen molar-refractivity contribution in [3.63, 3.8) is 0 Å². The van der Waals surface area contributed by atoms with Gasteiger partial charge in [0.25, 0.3) is 0 Å². The fourth-order valence-electron chi connectivity index (χ4n) is 3.78. The average molecular weight is 413 g/mol. The Hall–Kier alpha value is -3.42. The van der Waals surface area contributed by atoms with Gasteiger partial charge in [-0.15, -0.1) is 0 Å². The quantitative estimate of drug-likeness (QED) is 0.673. The van der Waals surface area contributed by atoms with Crippen LogP contribution in [0.1, 0.15) is 46.2 Å². The van der Waals surface area contributed by atoms with E-state index in [1.165, 1.54) is 12.1 Å². The number of carbonyl (C=O) groups is 1. The van der Waals surface area contributed by atoms with Gasteiger partial charge in [0, 0.05) is 11.1 Å². The summed E-state index contributed by atoms with van der Waals surface area (Å²) in [7, 11) is 0. The third-order valence-corrected chi connectivity index (χ3v) is 5.14. The maximum atomic E-state index is 13.0. The maximum absolute atomic E-state index is 13.0. The Morgan fingerprint density at radius 2 is 1.80 bits per heavy atom. The van der Waals surface area contributed by atoms with Crippen molar-refractivity contribution in [1.82, 2.24) is 5.16 Å². The van der Waals surface area contributed by atoms with Gasteiger partial charge in [-0.3, -0.25) is 9.79 Å². The zero-order valence-corrected chi connectivity index (χ0v) is 16.2. The van der Waals surface area contributed by atoms with Gasteiger partial charge in [-0.05, 0) is 37.1 Å². The number of aryl methyl sites for hydroxylation is 2. The summed E-state index contributed by atoms with van der Waals surface area (Å²) in [5.41, 5.74) is 9.48. The molecular formula is C22H18F3N3O2. The Balaban J connectivity index is 1.97. The average Bonchev–Trinajstić information content (AvgIpc) is 2.99. The number of hydrogen-bond donors (Lipinski definition) is 1. The van der Waals surface area contributed by atoms with Crippen molar-refractivity contribution < 1.29 is 22.5 Å². The molecule has 0 saturated carbocycles. The van der Waals surface area contributed by atoms with E-state index < -0.39 is 23.7 Å². The van der Waals surface area contributed by atoms with Crippen molar-refractivity contribution in [2.75, 3.05) is 0 Å². The topological polar surface area (TPSA) is 81.5 Å². The molecule has 2 aromatic carbocycles. The van der Waals surface area contributed by atoms with Gasteiger partial charge in [0.15, 0.2) is 5.76 Å². The number of primary amides is 1. The predicted molar refractivity (Wildman–Crippen MR) is 105 cm³/mol. The lowest BCUT2D eigenvalue weighted by Gasteiger charge is -2.15. The van der Waals surface area contributed by atoms with E-state index in [0.29, 0.717) is 22.7 Å². The van der Waals surface area contributed by atoms with E-state index in [1.807, 2.05) is 25.1 Å². The molecule has 2 heterocycles. The van der Waals surface area contributed by atoms with E-state index in [9.17, 15) is 18.0 Å². The second-order valence-corrected chi connectivity index (χ2v) is 7.24. The summed E-state index contributed by atoms with van der Waals surface area (Å²) in [4.78, 5) is 16.4. The second kappa shape index (κ2) is 7.12. The van der Waals surface area contributed by atoms with Crippen LogP contribution in [0.15, 0.2) is 52.0 Å². The molecule has 0 unspecified atom stereocenters. The molecule has 0 fully saturated rings. The largest absolute Gasteiger partial charge is 0.416 e. The highest BCUT2D eigenvalue weighted by Crippen LogP contribution is 2.41. The van der Waals surface area contributed by atoms with E-state index in [0.717, 1.165) is 34.4 Å². The molecule has 1 aliphatic heterocycles. The zero-order valence-electron chi connectivity index (χ0n) is 16.2. The summed E-state index contributed by atoms with van der Waals surface area (Å²) in [6, 6.07) is 9.75. The van der Waals surface area contributed by atoms with Crippen LogP contribution in [-0.2, 0) is 11.0 Å². The minimum Gasteiger partial charge on any atom is -0.370 e. The number of nitrogens with zero attached hydrogens (tertiary/aromatic N) is 2. The Morgan fingerprint density at radius 1 is 1.10 bits per heavy atom. The van der Waals surface area contributed by atoms with Crippen LogP contribution in [0.25, 0.3) is 11.1 Å². The summed E-state index contributed by atoms with van der Waals surface area (Å²) in [5, 5.41) is 4.04. The van der Waals surface area contributed by atoms with E-state index >= 15 is 0 Å². The molecule has 30 heavy (non-hydrogen) atoms. The van der Waals surface area contributed by atoms with E-state index in [4.69, 9.17) is 15.2 Å². The zero-order chi connectivity index (χ0) is 21.6. The van der Waals surface area contributed by atoms with Gasteiger partial charge in [0.2, 0.25) is 5.91 Å². The first-order valence-electron chi connectivity index (χ1n) is 9.27. The molecule has 1 amide bonds. The molecule has 0 radical (unpaired) electrons. The highest BCUT2D eigenvalue weighted by molar-refractivity contribution is 6.18. The van der Waals surface area contributed by atoms with Crippen molar-refractivity contribution in [3.8, 4) is 11.1 Å². The standard InChI is InChI=1S/C22H18F3N3O2/c1-11-4-3-5-15-18(11)20(13-6-8-14(9-7-13)22(23,24)25)27-16(10-17(26)29)21-19(15)12(2)28-30-21/h3-9,16H,10H2,1-2H3,(H2,26,29)/t16-/m0/s1. The fraction of sp³-hybridized carbons (Fsp3) is 0.227. The van der Waals surface area contributed by atoms with Crippen LogP contribution >= 0.6 is 0 Å². The van der Waals surface area contributed by atoms with Gasteiger partial charge in [-0.1, -0.05) is 35.5 Å². The summed E-state index contributed by atoms with van der Waals surface area (Å²) in [6.07, 6.45) is -4.55. The van der Waals surface area contributed by atoms with Crippen LogP contribution in [-0.4, -0.2) is 16.8 Å². The normalized spacial score (nSPS) is 15.8. The summed E-state index contributed by atoms with van der Waals surface area (Å²) >= 11 is 0. The summed E-state index contributed by atoms with van der Waals surface area (Å²) in [5.74, 6) is -0.154. The van der Waals surface area contributed by atoms with Crippen molar-refractivity contribution in [3.05, 3.63) is 76.2 Å². The molecule has 1 atom stereocenters. The first-order chi connectivity index (χ1) is 14.2. The Labute approximate surface area is 170 Å². The van der Waals surface area contributed by atoms with Crippen LogP contribution in [0.4, 0.5) is 13.2 Å². The third-order valence-electron chi connectivity index (χ3n) is 5.14. The van der Waals surface area contributed by atoms with Gasteiger partial charge in [-0.2, -0.15) is 13.2 Å². The molecule has 1 aromatic heterocycles. The Kier molecular flexibility index (Phi) is 4.72. The molecular weight excluding hydrogens is 395 g/mol. The molecule has 0 saturated heterocycles. The lowest BCUT2D eigenvalue weighted by atomic mass is 9.89. The fourth-order valence-corrected chi connectivity index (χ4v) is 3.78. The number of hydrogen-bond acceptors (Lipinski definition) is 4. The Bertz CT molecular complexity index is 1160. The van der Waals surface area contributed by atoms with Crippen molar-refractivity contribution in [2.24, 2.45) is 10.7 Å². The molecule has 5 nitrogen and oxygen atoms in total. The van der Waals surface area contributed by atoms with Crippen LogP contribution in [0.2, 0.25) is 0 Å². The lowest BCUT2D eigenvalue weighted by Crippen LogP contribution is -2.15. The number of amides is 1. The number of benzene rings is 2. The molecule has 1 aliphatic rings. The third kappa shape index (κ3) is 3.38. The first-order valence-corrected chi connectivity index (χ1v) is 9.27. The van der Waals surface area contributed by atoms with Crippen LogP contribution < -0.4 is 5.73 Å². The number of aliphatic imine (C=N–C) groups is 1. The van der Waals surface area contributed by atoms with Crippen molar-refractivity contribution in [2.45, 2.75) is 32.5 Å². The number of rotatable bonds is 3. The van der Waals surface area contributed by atoms with E-state index in [2.05, 4.69) is 5.16 Å². The lowest BCUT2D eigenvalue weighted by molar-refractivity contribution is -0.137. The minimum absolute atomic E-state index is 0.112. The molecule has 8 heteroatoms. The number of alkyl halides is 3. The number of carbonyl (C=O) groups excluding carboxylic acids is 1. The predicted octanol–water partition coefficient (Wildman–Crippen LogP) is 4.74. The number of halogens is 3. The maximum Gasteiger partial charge on any atom is 0.416 e. The van der Waals surface area contributed by atoms with E-state index in [-0.39, 0.29) is 6.42 Å². The molecule has 0 bridgehead atoms. The van der Waals surface area contributed by atoms with Gasteiger partial charge in [0.05, 0.1) is 29.0 Å². The number of nitrogens with two attached hydrogens (primary N) is 1. The van der Waals surface area contributed by atoms with Crippen molar-refractivity contribution >= 4 is 11.6 Å². The summed E-state index contributed by atoms with van der Waals surface area (Å²) < 4.78 is 44.6. The van der Waals surface area contributed by atoms with Gasteiger partial charge in [-0.25, -0.2) is 0 Å². The first kappa shape index (κ1) is 19.9. The Morgan fingerprint density at radius 3 is 2.43 bits per heavy atom. The highest BCUT2D eigenvalue weighted by Gasteiger charge is 2.33. The monoisotopic (exact) mass is 413 g/mol. The smallest absolute Gasteiger partial charge is 0.370 e. The molecule has 3 aromatic rings. The molecule has 0 aliphatic carbocycles. The highest BCUT2D eigenvalue weighted by atomic mass is 19.4. The molecule has 154 valence electrons. The summed E-state index contributed by atoms with van der Waals surface area (Å²) in [6.45, 7) is 3.69. The SMILES string of the molecule is Cc1cccc2c1C(c1ccc(C(F)(F)F)cc1)=N[C@@H](CC(N)=O)c1onc(C)c1-2. The number of aromatic nitrogens is 1. The number of fused-ring (bicyclic) bond motifs is 3. The second-order valence-electron chi connectivity index (χ2n) is 7.24. The van der Waals surface area contributed by atoms with Gasteiger partial charge < -0.3 is 10.3 Å². The van der Waals surface area contributed by atoms with Gasteiger partial charge >= 0.3 is 6.18 Å². The van der Waals surface area contributed by atoms with Crippen molar-refractivity contribution in [1.29, 1.82) is 0 Å². The molecule has 2 N–H and O–H groups in total. The van der Waals surface area contributed by atoms with Crippen LogP contribution in [0.5, 0.6) is 0 Å². The van der Waals surface area contributed by atoms with Crippen LogP contribution in [0.3, 0.4) is 0 Å². The molecule has 4 rings (SSSR count). The molecule has 0 spiro atoms. The van der Waals surface area contributed by atoms with Gasteiger partial charge in [0.1, 0.15) is 6.04 Å². The van der Waals surface area contributed by atoms with Crippen LogP contribution in [0, 0.1) is 13.8 Å². The van der Waals surface area contributed by atoms with E-state index in [1.54, 1.807) is 6.92 Å². The minimum atomic E-state index is -4.43.